The minimum Gasteiger partial charge on any atom is -0.349 e. The maximum atomic E-state index is 12.2. The van der Waals surface area contributed by atoms with Crippen molar-refractivity contribution < 1.29 is 9.59 Å². The van der Waals surface area contributed by atoms with Crippen molar-refractivity contribution in [3.8, 4) is 0 Å². The number of aryl methyl sites for hydroxylation is 2. The Morgan fingerprint density at radius 3 is 2.67 bits per heavy atom. The second kappa shape index (κ2) is 6.60. The van der Waals surface area contributed by atoms with Crippen molar-refractivity contribution in [1.82, 2.24) is 9.88 Å². The smallest absolute Gasteiger partial charge is 0.307 e. The van der Waals surface area contributed by atoms with Gasteiger partial charge in [0, 0.05) is 28.4 Å². The average molecular weight is 345 g/mol. The van der Waals surface area contributed by atoms with Gasteiger partial charge in [0.15, 0.2) is 0 Å². The molecule has 6 nitrogen and oxygen atoms in total. The molecule has 0 unspecified atom stereocenters. The molecular weight excluding hydrogens is 326 g/mol. The van der Waals surface area contributed by atoms with Crippen molar-refractivity contribution in [2.45, 2.75) is 39.3 Å². The van der Waals surface area contributed by atoms with Gasteiger partial charge in [-0.3, -0.25) is 19.0 Å². The van der Waals surface area contributed by atoms with Crippen molar-refractivity contribution in [3.63, 3.8) is 0 Å². The minimum absolute atomic E-state index is 0.0356. The van der Waals surface area contributed by atoms with E-state index in [0.29, 0.717) is 11.3 Å². The first-order valence-corrected chi connectivity index (χ1v) is 8.68. The zero-order valence-corrected chi connectivity index (χ0v) is 14.4. The van der Waals surface area contributed by atoms with E-state index >= 15 is 0 Å². The number of thiazole rings is 1. The standard InChI is InChI=1S/C17H19N3O3S/c1-10-3-4-12(16(22)18-13-5-6-13)7-14(10)19-15(21)8-20-11(2)9-24-17(20)23/h3-4,7,9,13H,5-6,8H2,1-2H3,(H,18,22)(H,19,21). The van der Waals surface area contributed by atoms with Crippen LogP contribution in [0.5, 0.6) is 0 Å². The Bertz CT molecular complexity index is 849. The number of hydrogen-bond donors (Lipinski definition) is 2. The Labute approximate surface area is 143 Å². The van der Waals surface area contributed by atoms with E-state index in [4.69, 9.17) is 0 Å². The van der Waals surface area contributed by atoms with E-state index in [0.717, 1.165) is 35.4 Å². The topological polar surface area (TPSA) is 80.2 Å². The van der Waals surface area contributed by atoms with Gasteiger partial charge in [0.25, 0.3) is 5.91 Å². The molecule has 0 radical (unpaired) electrons. The molecule has 0 bridgehead atoms. The maximum Gasteiger partial charge on any atom is 0.307 e. The van der Waals surface area contributed by atoms with Crippen LogP contribution in [0.1, 0.15) is 34.5 Å². The second-order valence-electron chi connectivity index (χ2n) is 6.05. The Kier molecular flexibility index (Phi) is 4.53. The zero-order chi connectivity index (χ0) is 17.3. The highest BCUT2D eigenvalue weighted by Gasteiger charge is 2.24. The molecule has 1 fully saturated rings. The molecule has 0 saturated heterocycles. The quantitative estimate of drug-likeness (QED) is 0.870. The van der Waals surface area contributed by atoms with Crippen LogP contribution < -0.4 is 15.5 Å². The van der Waals surface area contributed by atoms with Crippen molar-refractivity contribution in [2.75, 3.05) is 5.32 Å². The summed E-state index contributed by atoms with van der Waals surface area (Å²) in [4.78, 5) is 35.9. The summed E-state index contributed by atoms with van der Waals surface area (Å²) in [7, 11) is 0. The molecular formula is C17H19N3O3S. The third-order valence-electron chi connectivity index (χ3n) is 3.96. The van der Waals surface area contributed by atoms with Gasteiger partial charge in [-0.05, 0) is 44.4 Å². The number of amides is 2. The molecule has 3 rings (SSSR count). The van der Waals surface area contributed by atoms with E-state index in [1.54, 1.807) is 30.5 Å². The van der Waals surface area contributed by atoms with Gasteiger partial charge in [0.2, 0.25) is 5.91 Å². The Hall–Kier alpha value is -2.41. The van der Waals surface area contributed by atoms with Crippen LogP contribution in [0.25, 0.3) is 0 Å². The monoisotopic (exact) mass is 345 g/mol. The van der Waals surface area contributed by atoms with Gasteiger partial charge in [-0.2, -0.15) is 0 Å². The first kappa shape index (κ1) is 16.4. The number of hydrogen-bond acceptors (Lipinski definition) is 4. The minimum atomic E-state index is -0.290. The van der Waals surface area contributed by atoms with Gasteiger partial charge in [-0.1, -0.05) is 17.4 Å². The summed E-state index contributed by atoms with van der Waals surface area (Å²) >= 11 is 1.07. The van der Waals surface area contributed by atoms with Crippen LogP contribution >= 0.6 is 11.3 Å². The van der Waals surface area contributed by atoms with Crippen LogP contribution in [0.15, 0.2) is 28.4 Å². The summed E-state index contributed by atoms with van der Waals surface area (Å²) in [5.74, 6) is -0.417. The molecule has 1 aromatic carbocycles. The third-order valence-corrected chi connectivity index (χ3v) is 4.85. The van der Waals surface area contributed by atoms with Crippen LogP contribution in [0.2, 0.25) is 0 Å². The fourth-order valence-corrected chi connectivity index (χ4v) is 3.06. The van der Waals surface area contributed by atoms with E-state index in [1.165, 1.54) is 4.57 Å². The summed E-state index contributed by atoms with van der Waals surface area (Å²) < 4.78 is 1.43. The van der Waals surface area contributed by atoms with Crippen LogP contribution in [0.3, 0.4) is 0 Å². The number of anilines is 1. The first-order chi connectivity index (χ1) is 11.4. The molecule has 2 aromatic rings. The Morgan fingerprint density at radius 1 is 1.29 bits per heavy atom. The first-order valence-electron chi connectivity index (χ1n) is 7.80. The van der Waals surface area contributed by atoms with E-state index in [2.05, 4.69) is 10.6 Å². The molecule has 1 aliphatic rings. The second-order valence-corrected chi connectivity index (χ2v) is 6.88. The van der Waals surface area contributed by atoms with Gasteiger partial charge < -0.3 is 10.6 Å². The van der Waals surface area contributed by atoms with E-state index in [9.17, 15) is 14.4 Å². The predicted molar refractivity (Wildman–Crippen MR) is 93.6 cm³/mol. The third kappa shape index (κ3) is 3.73. The lowest BCUT2D eigenvalue weighted by Gasteiger charge is -2.11. The number of carbonyl (C=O) groups is 2. The molecule has 2 N–H and O–H groups in total. The largest absolute Gasteiger partial charge is 0.349 e. The molecule has 0 spiro atoms. The van der Waals surface area contributed by atoms with Crippen molar-refractivity contribution in [3.05, 3.63) is 50.1 Å². The zero-order valence-electron chi connectivity index (χ0n) is 13.6. The van der Waals surface area contributed by atoms with Crippen LogP contribution in [-0.2, 0) is 11.3 Å². The maximum absolute atomic E-state index is 12.2. The molecule has 126 valence electrons. The van der Waals surface area contributed by atoms with Crippen molar-refractivity contribution >= 4 is 28.8 Å². The molecule has 0 aliphatic heterocycles. The Balaban J connectivity index is 1.72. The van der Waals surface area contributed by atoms with Gasteiger partial charge in [0.05, 0.1) is 0 Å². The fourth-order valence-electron chi connectivity index (χ4n) is 2.32. The number of benzene rings is 1. The predicted octanol–water partition coefficient (Wildman–Crippen LogP) is 2.06. The average Bonchev–Trinajstić information content (AvgIpc) is 3.30. The number of aromatic nitrogens is 1. The summed E-state index contributed by atoms with van der Waals surface area (Å²) in [6.45, 7) is 3.62. The highest BCUT2D eigenvalue weighted by atomic mass is 32.1. The number of rotatable bonds is 5. The number of carbonyl (C=O) groups excluding carboxylic acids is 2. The highest BCUT2D eigenvalue weighted by Crippen LogP contribution is 2.21. The lowest BCUT2D eigenvalue weighted by molar-refractivity contribution is -0.116. The number of nitrogens with one attached hydrogen (secondary N) is 2. The summed E-state index contributed by atoms with van der Waals surface area (Å²) in [6.07, 6.45) is 2.05. The molecule has 24 heavy (non-hydrogen) atoms. The van der Waals surface area contributed by atoms with Crippen molar-refractivity contribution in [1.29, 1.82) is 0 Å². The van der Waals surface area contributed by atoms with Gasteiger partial charge >= 0.3 is 4.87 Å². The van der Waals surface area contributed by atoms with Crippen LogP contribution in [-0.4, -0.2) is 22.4 Å². The lowest BCUT2D eigenvalue weighted by Crippen LogP contribution is -2.27. The van der Waals surface area contributed by atoms with E-state index in [1.807, 2.05) is 6.92 Å². The highest BCUT2D eigenvalue weighted by molar-refractivity contribution is 7.07. The van der Waals surface area contributed by atoms with Crippen LogP contribution in [0.4, 0.5) is 5.69 Å². The van der Waals surface area contributed by atoms with Crippen LogP contribution in [0, 0.1) is 13.8 Å². The normalized spacial score (nSPS) is 13.6. The van der Waals surface area contributed by atoms with Gasteiger partial charge in [-0.15, -0.1) is 0 Å². The molecule has 0 atom stereocenters. The molecule has 1 saturated carbocycles. The molecule has 2 amide bonds. The summed E-state index contributed by atoms with van der Waals surface area (Å²) in [5.41, 5.74) is 2.73. The number of nitrogens with zero attached hydrogens (tertiary/aromatic N) is 1. The molecule has 1 aromatic heterocycles. The molecule has 7 heteroatoms. The van der Waals surface area contributed by atoms with E-state index in [-0.39, 0.29) is 29.3 Å². The van der Waals surface area contributed by atoms with E-state index < -0.39 is 0 Å². The SMILES string of the molecule is Cc1ccc(C(=O)NC2CC2)cc1NC(=O)Cn1c(C)csc1=O. The summed E-state index contributed by atoms with van der Waals surface area (Å²) in [5, 5.41) is 7.44. The Morgan fingerprint density at radius 2 is 2.04 bits per heavy atom. The van der Waals surface area contributed by atoms with Gasteiger partial charge in [-0.25, -0.2) is 0 Å². The van der Waals surface area contributed by atoms with Crippen molar-refractivity contribution in [2.24, 2.45) is 0 Å². The summed E-state index contributed by atoms with van der Waals surface area (Å²) in [6, 6.07) is 5.51. The fraction of sp³-hybridized carbons (Fsp3) is 0.353. The molecule has 1 aliphatic carbocycles. The van der Waals surface area contributed by atoms with Gasteiger partial charge in [0.1, 0.15) is 6.54 Å². The lowest BCUT2D eigenvalue weighted by atomic mass is 10.1. The molecule has 1 heterocycles.